The highest BCUT2D eigenvalue weighted by Gasteiger charge is 2.26. The van der Waals surface area contributed by atoms with Crippen LogP contribution in [0.1, 0.15) is 6.42 Å². The van der Waals surface area contributed by atoms with Gasteiger partial charge in [0.25, 0.3) is 5.56 Å². The molecule has 5 nitrogen and oxygen atoms in total. The van der Waals surface area contributed by atoms with Crippen molar-refractivity contribution in [2.45, 2.75) is 19.1 Å². The number of nitrogens with zero attached hydrogens (tertiary/aromatic N) is 3. The lowest BCUT2D eigenvalue weighted by atomic mass is 10.1. The molecule has 0 N–H and O–H groups in total. The van der Waals surface area contributed by atoms with Crippen LogP contribution in [0.25, 0.3) is 21.3 Å². The Bertz CT molecular complexity index is 1100. The number of likely N-dealkylation sites (tertiary alicyclic amines) is 1. The number of halogens is 3. The molecule has 27 heavy (non-hydrogen) atoms. The van der Waals surface area contributed by atoms with E-state index in [2.05, 4.69) is 4.98 Å². The third-order valence-electron chi connectivity index (χ3n) is 4.55. The molecular formula is C18H14ClF2N3O2S. The summed E-state index contributed by atoms with van der Waals surface area (Å²) in [6.07, 6.45) is 0.605. The van der Waals surface area contributed by atoms with Crippen LogP contribution in [0.5, 0.6) is 0 Å². The summed E-state index contributed by atoms with van der Waals surface area (Å²) in [5.41, 5.74) is 0.597. The van der Waals surface area contributed by atoms with Crippen LogP contribution in [0.2, 0.25) is 5.02 Å². The van der Waals surface area contributed by atoms with Crippen molar-refractivity contribution in [3.8, 4) is 10.4 Å². The van der Waals surface area contributed by atoms with E-state index < -0.39 is 17.5 Å². The van der Waals surface area contributed by atoms with E-state index in [4.69, 9.17) is 11.6 Å². The first kappa shape index (κ1) is 18.1. The zero-order valence-electron chi connectivity index (χ0n) is 14.0. The summed E-state index contributed by atoms with van der Waals surface area (Å²) in [6.45, 7) is 0.188. The van der Waals surface area contributed by atoms with Crippen molar-refractivity contribution in [1.29, 1.82) is 0 Å². The Morgan fingerprint density at radius 1 is 1.41 bits per heavy atom. The Kier molecular flexibility index (Phi) is 4.69. The molecule has 1 atom stereocenters. The fourth-order valence-electron chi connectivity index (χ4n) is 3.13. The Labute approximate surface area is 161 Å². The van der Waals surface area contributed by atoms with Crippen LogP contribution in [0.3, 0.4) is 0 Å². The number of alkyl halides is 1. The number of aromatic nitrogens is 2. The second-order valence-electron chi connectivity index (χ2n) is 6.36. The van der Waals surface area contributed by atoms with Crippen molar-refractivity contribution in [2.24, 2.45) is 0 Å². The van der Waals surface area contributed by atoms with Crippen LogP contribution < -0.4 is 5.56 Å². The Balaban J connectivity index is 1.72. The van der Waals surface area contributed by atoms with Gasteiger partial charge in [-0.25, -0.2) is 13.8 Å². The normalized spacial score (nSPS) is 17.0. The summed E-state index contributed by atoms with van der Waals surface area (Å²) in [5.74, 6) is -0.905. The van der Waals surface area contributed by atoms with E-state index >= 15 is 0 Å². The van der Waals surface area contributed by atoms with Gasteiger partial charge in [0, 0.05) is 16.8 Å². The predicted octanol–water partition coefficient (Wildman–Crippen LogP) is 3.49. The monoisotopic (exact) mass is 409 g/mol. The number of carbonyl (C=O) groups is 1. The van der Waals surface area contributed by atoms with Gasteiger partial charge in [0.05, 0.1) is 28.8 Å². The average molecular weight is 410 g/mol. The highest BCUT2D eigenvalue weighted by Crippen LogP contribution is 2.33. The van der Waals surface area contributed by atoms with E-state index in [0.717, 1.165) is 0 Å². The van der Waals surface area contributed by atoms with Crippen LogP contribution in [-0.2, 0) is 11.3 Å². The lowest BCUT2D eigenvalue weighted by Crippen LogP contribution is -2.35. The van der Waals surface area contributed by atoms with E-state index in [1.165, 1.54) is 39.3 Å². The van der Waals surface area contributed by atoms with Crippen LogP contribution in [0.4, 0.5) is 8.78 Å². The van der Waals surface area contributed by atoms with Gasteiger partial charge < -0.3 is 4.90 Å². The average Bonchev–Trinajstić information content (AvgIpc) is 3.26. The smallest absolute Gasteiger partial charge is 0.263 e. The van der Waals surface area contributed by atoms with E-state index in [1.54, 1.807) is 11.4 Å². The number of fused-ring (bicyclic) bond motifs is 1. The largest absolute Gasteiger partial charge is 0.338 e. The molecule has 1 aromatic carbocycles. The van der Waals surface area contributed by atoms with Gasteiger partial charge >= 0.3 is 0 Å². The maximum absolute atomic E-state index is 13.8. The van der Waals surface area contributed by atoms with Crippen molar-refractivity contribution in [3.63, 3.8) is 0 Å². The molecule has 1 aliphatic rings. The van der Waals surface area contributed by atoms with Gasteiger partial charge in [0.1, 0.15) is 18.5 Å². The fraction of sp³-hybridized carbons (Fsp3) is 0.278. The number of hydrogen-bond acceptors (Lipinski definition) is 4. The minimum Gasteiger partial charge on any atom is -0.338 e. The second kappa shape index (κ2) is 7.01. The lowest BCUT2D eigenvalue weighted by molar-refractivity contribution is -0.131. The number of thiophene rings is 1. The second-order valence-corrected chi connectivity index (χ2v) is 7.64. The Hall–Kier alpha value is -2.32. The quantitative estimate of drug-likeness (QED) is 0.665. The zero-order chi connectivity index (χ0) is 19.1. The molecule has 140 valence electrons. The van der Waals surface area contributed by atoms with Crippen LogP contribution in [-0.4, -0.2) is 39.6 Å². The standard InChI is InChI=1S/C18H14ClF2N3O2S/c19-12-2-1-10(5-13(12)21)17-16-14(8-27-17)22-9-24(18(16)26)7-15(25)23-4-3-11(20)6-23/h1-2,5,8-9,11H,3-4,6-7H2. The lowest BCUT2D eigenvalue weighted by Gasteiger charge is -2.15. The molecule has 1 fully saturated rings. The Morgan fingerprint density at radius 2 is 2.22 bits per heavy atom. The van der Waals surface area contributed by atoms with E-state index in [-0.39, 0.29) is 24.0 Å². The molecule has 0 bridgehead atoms. The molecule has 0 radical (unpaired) electrons. The first-order chi connectivity index (χ1) is 12.9. The summed E-state index contributed by atoms with van der Waals surface area (Å²) in [7, 11) is 0. The highest BCUT2D eigenvalue weighted by molar-refractivity contribution is 7.15. The maximum Gasteiger partial charge on any atom is 0.263 e. The third kappa shape index (κ3) is 3.35. The summed E-state index contributed by atoms with van der Waals surface area (Å²) in [5, 5.41) is 2.03. The number of hydrogen-bond donors (Lipinski definition) is 0. The Morgan fingerprint density at radius 3 is 2.93 bits per heavy atom. The maximum atomic E-state index is 13.8. The van der Waals surface area contributed by atoms with Gasteiger partial charge in [-0.05, 0) is 24.1 Å². The van der Waals surface area contributed by atoms with Crippen molar-refractivity contribution in [3.05, 3.63) is 51.1 Å². The summed E-state index contributed by atoms with van der Waals surface area (Å²) >= 11 is 7.00. The first-order valence-electron chi connectivity index (χ1n) is 8.28. The molecule has 4 rings (SSSR count). The molecule has 1 aliphatic heterocycles. The number of benzene rings is 1. The van der Waals surface area contributed by atoms with Crippen molar-refractivity contribution in [2.75, 3.05) is 13.1 Å². The van der Waals surface area contributed by atoms with Gasteiger partial charge in [-0.15, -0.1) is 11.3 Å². The first-order valence-corrected chi connectivity index (χ1v) is 9.53. The highest BCUT2D eigenvalue weighted by atomic mass is 35.5. The minimum absolute atomic E-state index is 0.00229. The van der Waals surface area contributed by atoms with E-state index in [1.807, 2.05) is 0 Å². The van der Waals surface area contributed by atoms with Gasteiger partial charge in [0.2, 0.25) is 5.91 Å². The molecule has 3 heterocycles. The molecule has 2 aromatic heterocycles. The number of rotatable bonds is 3. The molecule has 9 heteroatoms. The zero-order valence-corrected chi connectivity index (χ0v) is 15.6. The fourth-order valence-corrected chi connectivity index (χ4v) is 4.23. The van der Waals surface area contributed by atoms with Crippen molar-refractivity contribution < 1.29 is 13.6 Å². The summed E-state index contributed by atoms with van der Waals surface area (Å²) < 4.78 is 28.3. The molecule has 1 amide bonds. The van der Waals surface area contributed by atoms with Crippen molar-refractivity contribution >= 4 is 39.7 Å². The molecule has 3 aromatic rings. The summed E-state index contributed by atoms with van der Waals surface area (Å²) in [4.78, 5) is 31.4. The van der Waals surface area contributed by atoms with E-state index in [0.29, 0.717) is 34.3 Å². The molecule has 0 spiro atoms. The molecule has 0 aliphatic carbocycles. The SMILES string of the molecule is O=C(Cn1cnc2csc(-c3ccc(Cl)c(F)c3)c2c1=O)N1CCC(F)C1. The van der Waals surface area contributed by atoms with Gasteiger partial charge in [-0.2, -0.15) is 0 Å². The number of carbonyl (C=O) groups excluding carboxylic acids is 1. The topological polar surface area (TPSA) is 55.2 Å². The molecule has 0 saturated carbocycles. The van der Waals surface area contributed by atoms with Gasteiger partial charge in [0.15, 0.2) is 0 Å². The van der Waals surface area contributed by atoms with E-state index in [9.17, 15) is 18.4 Å². The van der Waals surface area contributed by atoms with Crippen LogP contribution in [0, 0.1) is 5.82 Å². The molecular weight excluding hydrogens is 396 g/mol. The van der Waals surface area contributed by atoms with Crippen LogP contribution >= 0.6 is 22.9 Å². The summed E-state index contributed by atoms with van der Waals surface area (Å²) in [6, 6.07) is 4.32. The van der Waals surface area contributed by atoms with Crippen molar-refractivity contribution in [1.82, 2.24) is 14.5 Å². The van der Waals surface area contributed by atoms with Gasteiger partial charge in [-0.1, -0.05) is 17.7 Å². The number of amides is 1. The molecule has 1 unspecified atom stereocenters. The minimum atomic E-state index is -1.02. The predicted molar refractivity (Wildman–Crippen MR) is 100 cm³/mol. The third-order valence-corrected chi connectivity index (χ3v) is 5.88. The van der Waals surface area contributed by atoms with Crippen LogP contribution in [0.15, 0.2) is 34.7 Å². The molecule has 1 saturated heterocycles. The van der Waals surface area contributed by atoms with Gasteiger partial charge in [-0.3, -0.25) is 14.2 Å².